The number of aliphatic hydroxyl groups is 1. The predicted octanol–water partition coefficient (Wildman–Crippen LogP) is 4.18. The van der Waals surface area contributed by atoms with E-state index in [0.29, 0.717) is 45.4 Å². The number of aliphatic hydroxyl groups excluding tert-OH is 1. The molecule has 2 aromatic rings. The van der Waals surface area contributed by atoms with E-state index in [1.54, 1.807) is 11.8 Å². The Morgan fingerprint density at radius 1 is 1.04 bits per heavy atom. The zero-order valence-electron chi connectivity index (χ0n) is 31.9. The summed E-state index contributed by atoms with van der Waals surface area (Å²) >= 11 is 3.10. The van der Waals surface area contributed by atoms with E-state index in [1.807, 2.05) is 48.5 Å². The second kappa shape index (κ2) is 18.0. The quantitative estimate of drug-likeness (QED) is 0.0819. The molecule has 2 aromatic carbocycles. The number of carbonyl (C=O) groups excluding carboxylic acids is 3. The molecule has 12 heteroatoms. The monoisotopic (exact) mass is 767 g/mol. The van der Waals surface area contributed by atoms with Crippen LogP contribution in [0.3, 0.4) is 0 Å². The highest BCUT2D eigenvalue weighted by molar-refractivity contribution is 8.00. The Kier molecular flexibility index (Phi) is 14.2. The minimum Gasteiger partial charge on any atom is -0.461 e. The van der Waals surface area contributed by atoms with Crippen molar-refractivity contribution in [2.45, 2.75) is 107 Å². The number of rotatable bonds is 16. The molecule has 292 valence electrons. The van der Waals surface area contributed by atoms with Crippen molar-refractivity contribution in [2.75, 3.05) is 31.6 Å². The Bertz CT molecular complexity index is 1560. The number of thioether (sulfide) groups is 2. The topological polar surface area (TPSA) is 183 Å². The van der Waals surface area contributed by atoms with Crippen molar-refractivity contribution in [1.29, 1.82) is 0 Å². The van der Waals surface area contributed by atoms with E-state index < -0.39 is 29.1 Å². The fourth-order valence-corrected chi connectivity index (χ4v) is 11.6. The van der Waals surface area contributed by atoms with Gasteiger partial charge in [-0.05, 0) is 98.0 Å². The van der Waals surface area contributed by atoms with E-state index in [9.17, 15) is 19.5 Å². The molecule has 0 aromatic heterocycles. The number of amides is 1. The van der Waals surface area contributed by atoms with E-state index in [4.69, 9.17) is 21.9 Å². The average molecular weight is 768 g/mol. The molecule has 0 saturated heterocycles. The molecule has 3 aliphatic carbocycles. The van der Waals surface area contributed by atoms with Crippen molar-refractivity contribution >= 4 is 41.2 Å². The molecule has 9 atom stereocenters. The van der Waals surface area contributed by atoms with E-state index in [2.05, 4.69) is 37.7 Å². The molecule has 9 N–H and O–H groups in total. The van der Waals surface area contributed by atoms with Crippen LogP contribution in [0.25, 0.3) is 0 Å². The molecule has 0 radical (unpaired) electrons. The normalized spacial score (nSPS) is 31.6. The van der Waals surface area contributed by atoms with Gasteiger partial charge < -0.3 is 37.7 Å². The number of ketones is 1. The van der Waals surface area contributed by atoms with Crippen molar-refractivity contribution in [3.8, 4) is 0 Å². The summed E-state index contributed by atoms with van der Waals surface area (Å²) in [6, 6.07) is 14.9. The summed E-state index contributed by atoms with van der Waals surface area (Å²) in [5, 5.41) is 18.6. The molecular weight excluding hydrogens is 707 g/mol. The highest BCUT2D eigenvalue weighted by atomic mass is 32.2. The summed E-state index contributed by atoms with van der Waals surface area (Å²) in [5.41, 5.74) is 19.1. The zero-order valence-corrected chi connectivity index (χ0v) is 33.5. The number of Topliss-reactive ketones (excluding diaryl/α,β-unsaturated/α-hetero) is 1. The molecule has 10 nitrogen and oxygen atoms in total. The number of nitrogens with one attached hydrogen (secondary N) is 2. The number of hydrogen-bond donors (Lipinski definition) is 6. The SMILES string of the molecule is CS[C@H]1[C@H](O)[C@@](C)(CNCCCN)C[C@@H](OC(=O)CSc2ccc(CNC(=O)C(N)Cc3ccc(CN)cc3)cc2)[C@]2(C)[C@H](C)CC[C@]13CCC(=O)[C@H]32. The van der Waals surface area contributed by atoms with Gasteiger partial charge in [-0.3, -0.25) is 14.4 Å². The average Bonchev–Trinajstić information content (AvgIpc) is 3.50. The largest absolute Gasteiger partial charge is 0.461 e. The number of ether oxygens (including phenoxy) is 1. The Morgan fingerprint density at radius 3 is 2.38 bits per heavy atom. The third kappa shape index (κ3) is 9.00. The van der Waals surface area contributed by atoms with Gasteiger partial charge in [-0.25, -0.2) is 0 Å². The van der Waals surface area contributed by atoms with Gasteiger partial charge in [0.15, 0.2) is 0 Å². The van der Waals surface area contributed by atoms with Crippen LogP contribution in [0.5, 0.6) is 0 Å². The first kappa shape index (κ1) is 41.7. The van der Waals surface area contributed by atoms with Gasteiger partial charge in [0.25, 0.3) is 0 Å². The fourth-order valence-electron chi connectivity index (χ4n) is 9.50. The second-order valence-electron chi connectivity index (χ2n) is 16.2. The fraction of sp³-hybridized carbons (Fsp3) is 0.634. The van der Waals surface area contributed by atoms with Crippen LogP contribution < -0.4 is 27.8 Å². The molecule has 1 unspecified atom stereocenters. The van der Waals surface area contributed by atoms with Crippen LogP contribution in [0.4, 0.5) is 0 Å². The van der Waals surface area contributed by atoms with Crippen LogP contribution in [0.2, 0.25) is 0 Å². The lowest BCUT2D eigenvalue weighted by Crippen LogP contribution is -2.66. The van der Waals surface area contributed by atoms with Crippen molar-refractivity contribution < 1.29 is 24.2 Å². The van der Waals surface area contributed by atoms with E-state index in [1.165, 1.54) is 11.8 Å². The lowest BCUT2D eigenvalue weighted by molar-refractivity contribution is -0.194. The number of hydrogen-bond acceptors (Lipinski definition) is 11. The van der Waals surface area contributed by atoms with Gasteiger partial charge in [0, 0.05) is 52.9 Å². The van der Waals surface area contributed by atoms with E-state index in [-0.39, 0.29) is 45.9 Å². The van der Waals surface area contributed by atoms with Gasteiger partial charge in [-0.2, -0.15) is 11.8 Å². The molecule has 1 amide bonds. The number of nitrogens with two attached hydrogens (primary N) is 3. The number of benzene rings is 2. The first-order valence-corrected chi connectivity index (χ1v) is 21.5. The second-order valence-corrected chi connectivity index (χ2v) is 18.2. The Morgan fingerprint density at radius 2 is 1.72 bits per heavy atom. The Hall–Kier alpha value is -2.45. The van der Waals surface area contributed by atoms with Gasteiger partial charge in [0.05, 0.1) is 17.9 Å². The molecule has 53 heavy (non-hydrogen) atoms. The van der Waals surface area contributed by atoms with Crippen LogP contribution in [0, 0.1) is 28.1 Å². The summed E-state index contributed by atoms with van der Waals surface area (Å²) in [4.78, 5) is 41.3. The maximum absolute atomic E-state index is 13.9. The van der Waals surface area contributed by atoms with Crippen LogP contribution in [0.15, 0.2) is 53.4 Å². The maximum Gasteiger partial charge on any atom is 0.316 e. The predicted molar refractivity (Wildman–Crippen MR) is 214 cm³/mol. The molecule has 0 spiro atoms. The molecule has 0 heterocycles. The minimum absolute atomic E-state index is 0.0907. The lowest BCUT2D eigenvalue weighted by atomic mass is 9.46. The van der Waals surface area contributed by atoms with Crippen molar-refractivity contribution in [2.24, 2.45) is 45.3 Å². The van der Waals surface area contributed by atoms with Crippen LogP contribution in [0.1, 0.15) is 76.0 Å². The van der Waals surface area contributed by atoms with Gasteiger partial charge in [-0.15, -0.1) is 11.8 Å². The Labute approximate surface area is 324 Å². The summed E-state index contributed by atoms with van der Waals surface area (Å²) < 4.78 is 6.52. The molecule has 3 aliphatic rings. The van der Waals surface area contributed by atoms with Crippen LogP contribution >= 0.6 is 23.5 Å². The number of esters is 1. The summed E-state index contributed by atoms with van der Waals surface area (Å²) in [6.07, 6.45) is 5.69. The summed E-state index contributed by atoms with van der Waals surface area (Å²) in [6.45, 7) is 9.22. The van der Waals surface area contributed by atoms with Crippen molar-refractivity contribution in [1.82, 2.24) is 10.6 Å². The third-order valence-corrected chi connectivity index (χ3v) is 15.0. The summed E-state index contributed by atoms with van der Waals surface area (Å²) in [5.74, 6) is -0.278. The number of carbonyl (C=O) groups is 3. The van der Waals surface area contributed by atoms with Gasteiger partial charge in [0.1, 0.15) is 11.9 Å². The molecule has 2 bridgehead atoms. The smallest absolute Gasteiger partial charge is 0.316 e. The van der Waals surface area contributed by atoms with Crippen LogP contribution in [-0.2, 0) is 38.6 Å². The zero-order chi connectivity index (χ0) is 38.4. The van der Waals surface area contributed by atoms with E-state index in [0.717, 1.165) is 53.8 Å². The summed E-state index contributed by atoms with van der Waals surface area (Å²) in [7, 11) is 0. The lowest BCUT2D eigenvalue weighted by Gasteiger charge is -2.62. The van der Waals surface area contributed by atoms with Gasteiger partial charge in [0.2, 0.25) is 5.91 Å². The third-order valence-electron chi connectivity index (χ3n) is 12.8. The maximum atomic E-state index is 13.9. The Balaban J connectivity index is 1.24. The van der Waals surface area contributed by atoms with Gasteiger partial charge in [-0.1, -0.05) is 57.2 Å². The first-order chi connectivity index (χ1) is 25.3. The highest BCUT2D eigenvalue weighted by Gasteiger charge is 2.69. The van der Waals surface area contributed by atoms with Gasteiger partial charge >= 0.3 is 5.97 Å². The standard InChI is InChI=1S/C41H61N5O5S2/c1-26-14-16-41-17-15-32(47)35(41)40(26,3)33(21-39(2,25-45-19-5-18-42)36(49)37(41)52-4)51-34(48)24-53-30-12-10-29(11-13-30)23-46-38(50)31(44)20-27-6-8-28(22-43)9-7-27/h6-13,26,31,33,35-37,45,49H,5,14-25,42-44H2,1-4H3,(H,46,50)/t26-,31?,33-,35+,36+,37+,39-,40+,41-/m1/s1. The van der Waals surface area contributed by atoms with Crippen LogP contribution in [-0.4, -0.2) is 77.9 Å². The molecular formula is C41H61N5O5S2. The van der Waals surface area contributed by atoms with Crippen molar-refractivity contribution in [3.05, 3.63) is 65.2 Å². The molecule has 3 fully saturated rings. The molecule has 3 saturated carbocycles. The first-order valence-electron chi connectivity index (χ1n) is 19.2. The highest BCUT2D eigenvalue weighted by Crippen LogP contribution is 2.68. The molecule has 0 aliphatic heterocycles. The van der Waals surface area contributed by atoms with E-state index >= 15 is 0 Å². The van der Waals surface area contributed by atoms with Crippen molar-refractivity contribution in [3.63, 3.8) is 0 Å². The molecule has 5 rings (SSSR count). The minimum atomic E-state index is -0.683.